The average molecular weight is 266 g/mol. The molecule has 0 aromatic heterocycles. The zero-order valence-electron chi connectivity index (χ0n) is 10.5. The van der Waals surface area contributed by atoms with Crippen LogP contribution in [0.2, 0.25) is 0 Å². The summed E-state index contributed by atoms with van der Waals surface area (Å²) in [4.78, 5) is 0. The lowest BCUT2D eigenvalue weighted by Crippen LogP contribution is -2.25. The zero-order valence-corrected chi connectivity index (χ0v) is 11.3. The molecule has 1 N–H and O–H groups in total. The quantitative estimate of drug-likeness (QED) is 0.826. The fourth-order valence-electron chi connectivity index (χ4n) is 2.22. The summed E-state index contributed by atoms with van der Waals surface area (Å²) < 4.78 is 5.33. The highest BCUT2D eigenvalue weighted by molar-refractivity contribution is 5.85. The second-order valence-electron chi connectivity index (χ2n) is 4.50. The average Bonchev–Trinajstić information content (AvgIpc) is 2.88. The van der Waals surface area contributed by atoms with E-state index in [9.17, 15) is 0 Å². The molecule has 0 spiro atoms. The van der Waals surface area contributed by atoms with Gasteiger partial charge in [-0.2, -0.15) is 0 Å². The molecule has 0 atom stereocenters. The van der Waals surface area contributed by atoms with Crippen LogP contribution in [0.3, 0.4) is 0 Å². The molecule has 0 aliphatic heterocycles. The van der Waals surface area contributed by atoms with E-state index in [1.54, 1.807) is 0 Å². The number of nitrogens with one attached hydrogen (secondary N) is 1. The van der Waals surface area contributed by atoms with Crippen LogP contribution in [0, 0.1) is 12.3 Å². The summed E-state index contributed by atoms with van der Waals surface area (Å²) >= 11 is 0. The Hall–Kier alpha value is -1.17. The minimum absolute atomic E-state index is 0. The first-order valence-electron chi connectivity index (χ1n) is 6.27. The summed E-state index contributed by atoms with van der Waals surface area (Å²) in [6, 6.07) is 8.85. The van der Waals surface area contributed by atoms with Crippen LogP contribution in [-0.2, 0) is 6.54 Å². The van der Waals surface area contributed by atoms with Crippen molar-refractivity contribution in [3.63, 3.8) is 0 Å². The lowest BCUT2D eigenvalue weighted by molar-refractivity contribution is 0.370. The van der Waals surface area contributed by atoms with Crippen molar-refractivity contribution < 1.29 is 4.74 Å². The first-order chi connectivity index (χ1) is 8.38. The number of benzene rings is 1. The smallest absolute Gasteiger partial charge is 0.148 e. The van der Waals surface area contributed by atoms with Crippen LogP contribution in [0.1, 0.15) is 31.2 Å². The van der Waals surface area contributed by atoms with Crippen molar-refractivity contribution in [3.8, 4) is 18.1 Å². The molecule has 1 aliphatic rings. The van der Waals surface area contributed by atoms with Gasteiger partial charge in [-0.1, -0.05) is 30.9 Å². The topological polar surface area (TPSA) is 21.3 Å². The fourth-order valence-corrected chi connectivity index (χ4v) is 2.22. The molecule has 0 unspecified atom stereocenters. The number of hydrogen-bond acceptors (Lipinski definition) is 2. The van der Waals surface area contributed by atoms with E-state index in [0.717, 1.165) is 12.3 Å². The van der Waals surface area contributed by atoms with Gasteiger partial charge in [0.05, 0.1) is 0 Å². The van der Waals surface area contributed by atoms with Gasteiger partial charge in [0.2, 0.25) is 0 Å². The molecule has 2 rings (SSSR count). The Morgan fingerprint density at radius 3 is 2.50 bits per heavy atom. The van der Waals surface area contributed by atoms with Crippen molar-refractivity contribution >= 4 is 12.4 Å². The third-order valence-corrected chi connectivity index (χ3v) is 3.20. The third-order valence-electron chi connectivity index (χ3n) is 3.20. The fraction of sp³-hybridized carbons (Fsp3) is 0.467. The molecule has 1 aliphatic carbocycles. The molecule has 1 aromatic carbocycles. The van der Waals surface area contributed by atoms with Crippen LogP contribution in [0.4, 0.5) is 0 Å². The molecule has 1 saturated carbocycles. The highest BCUT2D eigenvalue weighted by Gasteiger charge is 2.13. The van der Waals surface area contributed by atoms with Gasteiger partial charge in [0.25, 0.3) is 0 Å². The van der Waals surface area contributed by atoms with E-state index in [1.165, 1.54) is 31.2 Å². The molecule has 0 heterocycles. The Balaban J connectivity index is 0.00000162. The summed E-state index contributed by atoms with van der Waals surface area (Å²) in [7, 11) is 0. The van der Waals surface area contributed by atoms with Crippen LogP contribution >= 0.6 is 12.4 Å². The number of terminal acetylenes is 1. The van der Waals surface area contributed by atoms with Gasteiger partial charge in [-0.3, -0.25) is 0 Å². The van der Waals surface area contributed by atoms with Gasteiger partial charge >= 0.3 is 0 Å². The minimum Gasteiger partial charge on any atom is -0.481 e. The predicted molar refractivity (Wildman–Crippen MR) is 77.1 cm³/mol. The van der Waals surface area contributed by atoms with E-state index < -0.39 is 0 Å². The van der Waals surface area contributed by atoms with E-state index in [1.807, 2.05) is 12.1 Å². The molecule has 0 radical (unpaired) electrons. The summed E-state index contributed by atoms with van der Waals surface area (Å²) in [5.74, 6) is 3.30. The van der Waals surface area contributed by atoms with E-state index in [-0.39, 0.29) is 12.4 Å². The van der Waals surface area contributed by atoms with Crippen molar-refractivity contribution in [2.24, 2.45) is 0 Å². The Bertz CT molecular complexity index is 376. The van der Waals surface area contributed by atoms with Crippen LogP contribution in [-0.4, -0.2) is 12.6 Å². The van der Waals surface area contributed by atoms with Crippen LogP contribution in [0.15, 0.2) is 24.3 Å². The van der Waals surface area contributed by atoms with Crippen molar-refractivity contribution in [2.75, 3.05) is 6.61 Å². The SMILES string of the molecule is C#CCOc1ccc(CNC2CCCC2)cc1.Cl. The second kappa shape index (κ2) is 8.02. The standard InChI is InChI=1S/C15H19NO.ClH/c1-2-11-17-15-9-7-13(8-10-15)12-16-14-5-3-4-6-14;/h1,7-10,14,16H,3-6,11-12H2;1H. The number of hydrogen-bond donors (Lipinski definition) is 1. The van der Waals surface area contributed by atoms with Crippen LogP contribution in [0.5, 0.6) is 5.75 Å². The second-order valence-corrected chi connectivity index (χ2v) is 4.50. The van der Waals surface area contributed by atoms with Gasteiger partial charge in [0.1, 0.15) is 12.4 Å². The Labute approximate surface area is 116 Å². The zero-order chi connectivity index (χ0) is 11.9. The normalized spacial score (nSPS) is 14.8. The first-order valence-corrected chi connectivity index (χ1v) is 6.27. The van der Waals surface area contributed by atoms with E-state index in [2.05, 4.69) is 23.4 Å². The summed E-state index contributed by atoms with van der Waals surface area (Å²) in [5, 5.41) is 3.59. The van der Waals surface area contributed by atoms with Gasteiger partial charge < -0.3 is 10.1 Å². The molecule has 1 aromatic rings. The van der Waals surface area contributed by atoms with Gasteiger partial charge in [-0.25, -0.2) is 0 Å². The third kappa shape index (κ3) is 4.60. The Morgan fingerprint density at radius 2 is 1.89 bits per heavy atom. The number of ether oxygens (including phenoxy) is 1. The molecule has 98 valence electrons. The molecule has 3 heteroatoms. The van der Waals surface area contributed by atoms with Crippen LogP contribution in [0.25, 0.3) is 0 Å². The first kappa shape index (κ1) is 14.9. The summed E-state index contributed by atoms with van der Waals surface area (Å²) in [5.41, 5.74) is 1.30. The van der Waals surface area contributed by atoms with E-state index in [0.29, 0.717) is 12.6 Å². The molecule has 0 amide bonds. The molecule has 1 fully saturated rings. The van der Waals surface area contributed by atoms with Gasteiger partial charge in [-0.15, -0.1) is 18.8 Å². The van der Waals surface area contributed by atoms with Gasteiger partial charge in [0, 0.05) is 12.6 Å². The highest BCUT2D eigenvalue weighted by atomic mass is 35.5. The maximum atomic E-state index is 5.33. The minimum atomic E-state index is 0. The number of halogens is 1. The van der Waals surface area contributed by atoms with E-state index >= 15 is 0 Å². The monoisotopic (exact) mass is 265 g/mol. The van der Waals surface area contributed by atoms with Crippen molar-refractivity contribution in [3.05, 3.63) is 29.8 Å². The summed E-state index contributed by atoms with van der Waals surface area (Å²) in [6.07, 6.45) is 10.5. The molecular weight excluding hydrogens is 246 g/mol. The van der Waals surface area contributed by atoms with Gasteiger partial charge in [0.15, 0.2) is 0 Å². The molecule has 2 nitrogen and oxygen atoms in total. The van der Waals surface area contributed by atoms with Crippen molar-refractivity contribution in [1.29, 1.82) is 0 Å². The molecule has 0 bridgehead atoms. The van der Waals surface area contributed by atoms with Crippen LogP contribution < -0.4 is 10.1 Å². The lowest BCUT2D eigenvalue weighted by atomic mass is 10.2. The predicted octanol–water partition coefficient (Wildman–Crippen LogP) is 3.15. The largest absolute Gasteiger partial charge is 0.481 e. The maximum Gasteiger partial charge on any atom is 0.148 e. The molecular formula is C15H20ClNO. The Morgan fingerprint density at radius 1 is 1.22 bits per heavy atom. The highest BCUT2D eigenvalue weighted by Crippen LogP contribution is 2.18. The van der Waals surface area contributed by atoms with Crippen molar-refractivity contribution in [2.45, 2.75) is 38.3 Å². The maximum absolute atomic E-state index is 5.33. The molecule has 18 heavy (non-hydrogen) atoms. The lowest BCUT2D eigenvalue weighted by Gasteiger charge is -2.11. The summed E-state index contributed by atoms with van der Waals surface area (Å²) in [6.45, 7) is 1.28. The van der Waals surface area contributed by atoms with Crippen molar-refractivity contribution in [1.82, 2.24) is 5.32 Å². The Kier molecular flexibility index (Phi) is 6.64. The molecule has 0 saturated heterocycles. The van der Waals surface area contributed by atoms with Gasteiger partial charge in [-0.05, 0) is 30.5 Å². The van der Waals surface area contributed by atoms with E-state index in [4.69, 9.17) is 11.2 Å². The number of rotatable bonds is 5.